The molecular formula is C15H13BrN2O3. The second kappa shape index (κ2) is 5.37. The zero-order valence-electron chi connectivity index (χ0n) is 11.3. The summed E-state index contributed by atoms with van der Waals surface area (Å²) in [6, 6.07) is 9.12. The van der Waals surface area contributed by atoms with Crippen LogP contribution in [0.4, 0.5) is 5.69 Å². The van der Waals surface area contributed by atoms with E-state index in [4.69, 9.17) is 4.74 Å². The fraction of sp³-hybridized carbons (Fsp3) is 0.200. The Labute approximate surface area is 129 Å². The second-order valence-electron chi connectivity index (χ2n) is 4.90. The highest BCUT2D eigenvalue weighted by molar-refractivity contribution is 9.10. The number of nitrogens with zero attached hydrogens (tertiary/aromatic N) is 1. The minimum Gasteiger partial charge on any atom is -0.480 e. The first-order valence-electron chi connectivity index (χ1n) is 6.46. The number of ether oxygens (including phenoxy) is 1. The number of carbonyl (C=O) groups is 1. The van der Waals surface area contributed by atoms with E-state index in [1.165, 1.54) is 4.57 Å². The van der Waals surface area contributed by atoms with E-state index >= 15 is 0 Å². The fourth-order valence-corrected chi connectivity index (χ4v) is 2.84. The summed E-state index contributed by atoms with van der Waals surface area (Å²) in [6.07, 6.45) is 1.54. The number of nitrogens with one attached hydrogen (secondary N) is 1. The van der Waals surface area contributed by atoms with Crippen molar-refractivity contribution in [3.05, 3.63) is 56.9 Å². The van der Waals surface area contributed by atoms with Gasteiger partial charge in [-0.15, -0.1) is 0 Å². The molecule has 2 aromatic rings. The van der Waals surface area contributed by atoms with Gasteiger partial charge in [-0.3, -0.25) is 9.59 Å². The number of aromatic nitrogens is 1. The summed E-state index contributed by atoms with van der Waals surface area (Å²) in [5.74, 6) is 0.404. The second-order valence-corrected chi connectivity index (χ2v) is 5.81. The molecule has 1 aromatic carbocycles. The molecule has 21 heavy (non-hydrogen) atoms. The summed E-state index contributed by atoms with van der Waals surface area (Å²) < 4.78 is 7.73. The molecule has 0 fully saturated rings. The van der Waals surface area contributed by atoms with Gasteiger partial charge in [0, 0.05) is 24.1 Å². The molecule has 0 spiro atoms. The van der Waals surface area contributed by atoms with Crippen molar-refractivity contribution in [2.24, 2.45) is 7.05 Å². The van der Waals surface area contributed by atoms with E-state index < -0.39 is 6.10 Å². The summed E-state index contributed by atoms with van der Waals surface area (Å²) in [6.45, 7) is 0. The number of amides is 1. The number of benzene rings is 1. The van der Waals surface area contributed by atoms with Crippen LogP contribution in [0.5, 0.6) is 5.75 Å². The number of para-hydroxylation sites is 1. The first-order chi connectivity index (χ1) is 10.0. The van der Waals surface area contributed by atoms with Crippen LogP contribution in [-0.2, 0) is 18.3 Å². The molecule has 1 aliphatic heterocycles. The quantitative estimate of drug-likeness (QED) is 0.903. The van der Waals surface area contributed by atoms with Crippen molar-refractivity contribution in [2.75, 3.05) is 5.32 Å². The van der Waals surface area contributed by atoms with Gasteiger partial charge in [0.15, 0.2) is 6.10 Å². The number of aryl methyl sites for hydroxylation is 1. The third-order valence-corrected chi connectivity index (χ3v) is 3.78. The molecule has 1 aliphatic rings. The number of hydrogen-bond acceptors (Lipinski definition) is 3. The number of carbonyl (C=O) groups excluding carboxylic acids is 1. The Morgan fingerprint density at radius 2 is 2.19 bits per heavy atom. The lowest BCUT2D eigenvalue weighted by atomic mass is 10.1. The molecule has 1 aromatic heterocycles. The Morgan fingerprint density at radius 1 is 1.43 bits per heavy atom. The van der Waals surface area contributed by atoms with Gasteiger partial charge in [0.25, 0.3) is 11.5 Å². The average Bonchev–Trinajstić information content (AvgIpc) is 2.88. The molecule has 108 valence electrons. The van der Waals surface area contributed by atoms with Gasteiger partial charge in [-0.25, -0.2) is 0 Å². The van der Waals surface area contributed by atoms with Gasteiger partial charge in [-0.2, -0.15) is 0 Å². The van der Waals surface area contributed by atoms with Crippen LogP contribution in [0.1, 0.15) is 5.56 Å². The Bertz CT molecular complexity index is 745. The largest absolute Gasteiger partial charge is 0.480 e. The maximum absolute atomic E-state index is 12.3. The van der Waals surface area contributed by atoms with Crippen LogP contribution in [0.3, 0.4) is 0 Å². The van der Waals surface area contributed by atoms with Gasteiger partial charge >= 0.3 is 0 Å². The van der Waals surface area contributed by atoms with Crippen molar-refractivity contribution < 1.29 is 9.53 Å². The lowest BCUT2D eigenvalue weighted by Gasteiger charge is -2.12. The van der Waals surface area contributed by atoms with Crippen molar-refractivity contribution >= 4 is 27.5 Å². The maximum atomic E-state index is 12.3. The van der Waals surface area contributed by atoms with Crippen molar-refractivity contribution in [1.82, 2.24) is 4.57 Å². The van der Waals surface area contributed by atoms with Crippen molar-refractivity contribution in [3.8, 4) is 5.75 Å². The molecule has 0 bridgehead atoms. The summed E-state index contributed by atoms with van der Waals surface area (Å²) in [5, 5.41) is 2.64. The number of fused-ring (bicyclic) bond motifs is 1. The monoisotopic (exact) mass is 348 g/mol. The van der Waals surface area contributed by atoms with E-state index in [0.717, 1.165) is 15.8 Å². The Balaban J connectivity index is 1.79. The maximum Gasteiger partial charge on any atom is 0.274 e. The van der Waals surface area contributed by atoms with Gasteiger partial charge in [0.1, 0.15) is 11.4 Å². The molecule has 0 saturated heterocycles. The lowest BCUT2D eigenvalue weighted by Crippen LogP contribution is -2.34. The third-order valence-electron chi connectivity index (χ3n) is 3.35. The van der Waals surface area contributed by atoms with Crippen LogP contribution < -0.4 is 15.6 Å². The molecule has 0 radical (unpaired) electrons. The molecule has 0 unspecified atom stereocenters. The zero-order chi connectivity index (χ0) is 15.0. The normalized spacial score (nSPS) is 16.2. The summed E-state index contributed by atoms with van der Waals surface area (Å²) in [5.41, 5.74) is 0.971. The van der Waals surface area contributed by atoms with Crippen molar-refractivity contribution in [3.63, 3.8) is 0 Å². The highest BCUT2D eigenvalue weighted by Gasteiger charge is 2.29. The molecule has 1 N–H and O–H groups in total. The molecule has 0 aliphatic carbocycles. The molecule has 0 saturated carbocycles. The van der Waals surface area contributed by atoms with Gasteiger partial charge in [0.2, 0.25) is 0 Å². The first kappa shape index (κ1) is 13.9. The Morgan fingerprint density at radius 3 is 2.95 bits per heavy atom. The standard InChI is InChI=1S/C15H13BrN2O3/c1-18-8-10(16)7-11(15(18)20)17-14(19)13-6-9-4-2-3-5-12(9)21-13/h2-5,7-8,13H,6H2,1H3,(H,17,19)/t13-/m1/s1. The van der Waals surface area contributed by atoms with Crippen LogP contribution >= 0.6 is 15.9 Å². The molecule has 5 nitrogen and oxygen atoms in total. The number of halogens is 1. The molecule has 3 rings (SSSR count). The van der Waals surface area contributed by atoms with E-state index in [1.54, 1.807) is 19.3 Å². The minimum absolute atomic E-state index is 0.233. The van der Waals surface area contributed by atoms with Gasteiger partial charge in [-0.05, 0) is 33.6 Å². The smallest absolute Gasteiger partial charge is 0.274 e. The van der Waals surface area contributed by atoms with Crippen LogP contribution in [0, 0.1) is 0 Å². The number of anilines is 1. The zero-order valence-corrected chi connectivity index (χ0v) is 12.9. The van der Waals surface area contributed by atoms with Gasteiger partial charge in [-0.1, -0.05) is 18.2 Å². The Kier molecular flexibility index (Phi) is 3.55. The van der Waals surface area contributed by atoms with E-state index in [0.29, 0.717) is 6.42 Å². The van der Waals surface area contributed by atoms with Crippen molar-refractivity contribution in [2.45, 2.75) is 12.5 Å². The van der Waals surface area contributed by atoms with Crippen LogP contribution in [-0.4, -0.2) is 16.6 Å². The highest BCUT2D eigenvalue weighted by atomic mass is 79.9. The number of rotatable bonds is 2. The number of pyridine rings is 1. The van der Waals surface area contributed by atoms with Gasteiger partial charge < -0.3 is 14.6 Å². The number of hydrogen-bond donors (Lipinski definition) is 1. The minimum atomic E-state index is -0.605. The first-order valence-corrected chi connectivity index (χ1v) is 7.25. The van der Waals surface area contributed by atoms with Crippen LogP contribution in [0.25, 0.3) is 0 Å². The molecule has 2 heterocycles. The molecule has 6 heteroatoms. The average molecular weight is 349 g/mol. The Hall–Kier alpha value is -2.08. The molecular weight excluding hydrogens is 336 g/mol. The van der Waals surface area contributed by atoms with E-state index in [1.807, 2.05) is 24.3 Å². The van der Waals surface area contributed by atoms with Crippen LogP contribution in [0.2, 0.25) is 0 Å². The SMILES string of the molecule is Cn1cc(Br)cc(NC(=O)[C@H]2Cc3ccccc3O2)c1=O. The van der Waals surface area contributed by atoms with Crippen LogP contribution in [0.15, 0.2) is 45.8 Å². The summed E-state index contributed by atoms with van der Waals surface area (Å²) in [4.78, 5) is 24.2. The highest BCUT2D eigenvalue weighted by Crippen LogP contribution is 2.28. The van der Waals surface area contributed by atoms with Gasteiger partial charge in [0.05, 0.1) is 0 Å². The molecule has 1 amide bonds. The van der Waals surface area contributed by atoms with E-state index in [-0.39, 0.29) is 17.2 Å². The topological polar surface area (TPSA) is 60.3 Å². The predicted molar refractivity (Wildman–Crippen MR) is 82.6 cm³/mol. The lowest BCUT2D eigenvalue weighted by molar-refractivity contribution is -0.122. The fourth-order valence-electron chi connectivity index (χ4n) is 2.30. The van der Waals surface area contributed by atoms with E-state index in [2.05, 4.69) is 21.2 Å². The molecule has 1 atom stereocenters. The summed E-state index contributed by atoms with van der Waals surface area (Å²) >= 11 is 3.30. The summed E-state index contributed by atoms with van der Waals surface area (Å²) in [7, 11) is 1.63. The third kappa shape index (κ3) is 2.71. The van der Waals surface area contributed by atoms with E-state index in [9.17, 15) is 9.59 Å². The predicted octanol–water partition coefficient (Wildman–Crippen LogP) is 2.09. The van der Waals surface area contributed by atoms with Crippen molar-refractivity contribution in [1.29, 1.82) is 0 Å².